The number of benzene rings is 1. The van der Waals surface area contributed by atoms with Crippen LogP contribution < -0.4 is 0 Å². The summed E-state index contributed by atoms with van der Waals surface area (Å²) < 4.78 is 33.7. The number of methoxy groups -OCH3 is 1. The molecule has 7 nitrogen and oxygen atoms in total. The summed E-state index contributed by atoms with van der Waals surface area (Å²) in [6.45, 7) is 2.79. The maximum Gasteiger partial charge on any atom is 0.186 e. The fraction of sp³-hybridized carbons (Fsp3) is 0.647. The van der Waals surface area contributed by atoms with Crippen LogP contribution in [0.15, 0.2) is 30.3 Å². The molecule has 0 aliphatic carbocycles. The van der Waals surface area contributed by atoms with E-state index in [1.54, 1.807) is 0 Å². The lowest BCUT2D eigenvalue weighted by Gasteiger charge is -2.47. The normalized spacial score (nSPS) is 36.3. The molecule has 1 aromatic rings. The van der Waals surface area contributed by atoms with Crippen LogP contribution in [0.25, 0.3) is 0 Å². The van der Waals surface area contributed by atoms with E-state index in [0.717, 1.165) is 5.56 Å². The van der Waals surface area contributed by atoms with Gasteiger partial charge in [-0.1, -0.05) is 30.3 Å². The Bertz CT molecular complexity index is 497. The molecular formula is C17H24O7. The molecule has 2 aliphatic heterocycles. The quantitative estimate of drug-likeness (QED) is 0.616. The molecule has 7 heteroatoms. The minimum absolute atomic E-state index is 0.0676. The maximum atomic E-state index is 10.5. The molecule has 6 unspecified atom stereocenters. The van der Waals surface area contributed by atoms with Gasteiger partial charge in [0.05, 0.1) is 6.61 Å². The first-order valence-corrected chi connectivity index (χ1v) is 8.12. The molecule has 0 bridgehead atoms. The minimum Gasteiger partial charge on any atom is -0.385 e. The van der Waals surface area contributed by atoms with Gasteiger partial charge in [-0.2, -0.15) is 0 Å². The van der Waals surface area contributed by atoms with E-state index in [1.165, 1.54) is 7.11 Å². The first kappa shape index (κ1) is 17.8. The van der Waals surface area contributed by atoms with Crippen molar-refractivity contribution in [2.75, 3.05) is 27.1 Å². The summed E-state index contributed by atoms with van der Waals surface area (Å²) in [5.41, 5.74) is 0.905. The fourth-order valence-corrected chi connectivity index (χ4v) is 2.94. The van der Waals surface area contributed by atoms with E-state index in [9.17, 15) is 5.11 Å². The summed E-state index contributed by atoms with van der Waals surface area (Å²) in [6.07, 6.45) is -3.80. The Morgan fingerprint density at radius 3 is 2.71 bits per heavy atom. The van der Waals surface area contributed by atoms with Crippen LogP contribution in [-0.2, 0) is 28.4 Å². The number of ether oxygens (including phenoxy) is 6. The summed E-state index contributed by atoms with van der Waals surface area (Å²) in [5.74, 6) is 0. The lowest BCUT2D eigenvalue weighted by atomic mass is 9.97. The Balaban J connectivity index is 1.73. The summed E-state index contributed by atoms with van der Waals surface area (Å²) >= 11 is 0. The second-order valence-electron chi connectivity index (χ2n) is 5.69. The third-order valence-corrected chi connectivity index (χ3v) is 4.16. The third-order valence-electron chi connectivity index (χ3n) is 4.16. The van der Waals surface area contributed by atoms with Crippen LogP contribution in [0.1, 0.15) is 18.8 Å². The van der Waals surface area contributed by atoms with Crippen molar-refractivity contribution in [3.8, 4) is 0 Å². The van der Waals surface area contributed by atoms with Gasteiger partial charge in [-0.05, 0) is 6.92 Å². The molecule has 0 radical (unpaired) electrons. The Morgan fingerprint density at radius 1 is 1.21 bits per heavy atom. The SMILES string of the molecule is CCOCOC1C(O)C(OC)OC2COC(c3ccccc3)OC21. The predicted molar refractivity (Wildman–Crippen MR) is 83.1 cm³/mol. The summed E-state index contributed by atoms with van der Waals surface area (Å²) in [7, 11) is 1.48. The van der Waals surface area contributed by atoms with Crippen LogP contribution in [0, 0.1) is 0 Å². The van der Waals surface area contributed by atoms with E-state index in [2.05, 4.69) is 0 Å². The molecular weight excluding hydrogens is 316 g/mol. The molecule has 3 rings (SSSR count). The molecule has 2 aliphatic rings. The molecule has 6 atom stereocenters. The molecule has 1 N–H and O–H groups in total. The van der Waals surface area contributed by atoms with Crippen molar-refractivity contribution in [1.29, 1.82) is 0 Å². The van der Waals surface area contributed by atoms with Gasteiger partial charge in [-0.15, -0.1) is 0 Å². The summed E-state index contributed by atoms with van der Waals surface area (Å²) in [6, 6.07) is 9.63. The molecule has 0 spiro atoms. The Kier molecular flexibility index (Phi) is 6.18. The first-order chi connectivity index (χ1) is 11.7. The molecule has 0 aromatic heterocycles. The van der Waals surface area contributed by atoms with E-state index in [0.29, 0.717) is 13.2 Å². The standard InChI is InChI=1S/C17H24O7/c1-3-20-10-22-15-13(18)17(19-2)23-12-9-21-16(24-14(12)15)11-7-5-4-6-8-11/h4-8,12-18H,3,9-10H2,1-2H3. The number of fused-ring (bicyclic) bond motifs is 1. The molecule has 2 saturated heterocycles. The van der Waals surface area contributed by atoms with Crippen molar-refractivity contribution < 1.29 is 33.5 Å². The molecule has 24 heavy (non-hydrogen) atoms. The maximum absolute atomic E-state index is 10.5. The van der Waals surface area contributed by atoms with Crippen molar-refractivity contribution in [3.63, 3.8) is 0 Å². The third kappa shape index (κ3) is 3.78. The van der Waals surface area contributed by atoms with Gasteiger partial charge in [0.25, 0.3) is 0 Å². The smallest absolute Gasteiger partial charge is 0.186 e. The minimum atomic E-state index is -0.980. The monoisotopic (exact) mass is 340 g/mol. The van der Waals surface area contributed by atoms with Crippen LogP contribution in [0.4, 0.5) is 0 Å². The van der Waals surface area contributed by atoms with Crippen LogP contribution in [-0.4, -0.2) is 62.9 Å². The van der Waals surface area contributed by atoms with Crippen molar-refractivity contribution in [2.45, 2.75) is 43.9 Å². The molecule has 1 aromatic carbocycles. The Morgan fingerprint density at radius 2 is 2.00 bits per heavy atom. The topological polar surface area (TPSA) is 75.6 Å². The van der Waals surface area contributed by atoms with E-state index in [1.807, 2.05) is 37.3 Å². The highest BCUT2D eigenvalue weighted by Gasteiger charge is 2.50. The van der Waals surface area contributed by atoms with Crippen LogP contribution in [0.5, 0.6) is 0 Å². The van der Waals surface area contributed by atoms with Crippen LogP contribution in [0.2, 0.25) is 0 Å². The van der Waals surface area contributed by atoms with Crippen LogP contribution in [0.3, 0.4) is 0 Å². The van der Waals surface area contributed by atoms with Crippen molar-refractivity contribution in [2.24, 2.45) is 0 Å². The zero-order valence-electron chi connectivity index (χ0n) is 13.9. The van der Waals surface area contributed by atoms with Crippen LogP contribution >= 0.6 is 0 Å². The van der Waals surface area contributed by atoms with Gasteiger partial charge in [0.15, 0.2) is 12.6 Å². The number of aliphatic hydroxyl groups is 1. The Hall–Kier alpha value is -1.06. The first-order valence-electron chi connectivity index (χ1n) is 8.12. The highest BCUT2D eigenvalue weighted by atomic mass is 16.8. The van der Waals surface area contributed by atoms with Gasteiger partial charge >= 0.3 is 0 Å². The van der Waals surface area contributed by atoms with Gasteiger partial charge in [-0.3, -0.25) is 0 Å². The molecule has 2 fully saturated rings. The lowest BCUT2D eigenvalue weighted by Crippen LogP contribution is -2.63. The zero-order chi connectivity index (χ0) is 16.9. The number of hydrogen-bond donors (Lipinski definition) is 1. The molecule has 2 heterocycles. The number of rotatable bonds is 6. The van der Waals surface area contributed by atoms with Gasteiger partial charge in [0.2, 0.25) is 0 Å². The lowest BCUT2D eigenvalue weighted by molar-refractivity contribution is -0.367. The molecule has 0 amide bonds. The second kappa shape index (κ2) is 8.35. The zero-order valence-corrected chi connectivity index (χ0v) is 13.9. The average Bonchev–Trinajstić information content (AvgIpc) is 2.63. The molecule has 0 saturated carbocycles. The second-order valence-corrected chi connectivity index (χ2v) is 5.69. The number of aliphatic hydroxyl groups excluding tert-OH is 1. The predicted octanol–water partition coefficient (Wildman–Crippen LogP) is 1.21. The van der Waals surface area contributed by atoms with Gasteiger partial charge < -0.3 is 33.5 Å². The largest absolute Gasteiger partial charge is 0.385 e. The van der Waals surface area contributed by atoms with E-state index in [4.69, 9.17) is 28.4 Å². The average molecular weight is 340 g/mol. The summed E-state index contributed by atoms with van der Waals surface area (Å²) in [4.78, 5) is 0. The van der Waals surface area contributed by atoms with Crippen molar-refractivity contribution in [3.05, 3.63) is 35.9 Å². The van der Waals surface area contributed by atoms with Crippen molar-refractivity contribution >= 4 is 0 Å². The van der Waals surface area contributed by atoms with E-state index >= 15 is 0 Å². The molecule has 134 valence electrons. The van der Waals surface area contributed by atoms with Gasteiger partial charge in [-0.25, -0.2) is 0 Å². The highest BCUT2D eigenvalue weighted by molar-refractivity contribution is 5.16. The van der Waals surface area contributed by atoms with E-state index < -0.39 is 30.9 Å². The Labute approximate surface area is 141 Å². The highest BCUT2D eigenvalue weighted by Crippen LogP contribution is 2.35. The fourth-order valence-electron chi connectivity index (χ4n) is 2.94. The van der Waals surface area contributed by atoms with E-state index in [-0.39, 0.29) is 12.9 Å². The van der Waals surface area contributed by atoms with Crippen molar-refractivity contribution in [1.82, 2.24) is 0 Å². The summed E-state index contributed by atoms with van der Waals surface area (Å²) in [5, 5.41) is 10.5. The number of hydrogen-bond acceptors (Lipinski definition) is 7. The van der Waals surface area contributed by atoms with Gasteiger partial charge in [0, 0.05) is 19.3 Å². The van der Waals surface area contributed by atoms with Gasteiger partial charge in [0.1, 0.15) is 31.2 Å².